The molecular weight excluding hydrogens is 258 g/mol. The molecule has 5 nitrogen and oxygen atoms in total. The van der Waals surface area contributed by atoms with E-state index in [-0.39, 0.29) is 23.8 Å². The first-order valence-electron chi connectivity index (χ1n) is 7.75. The molecule has 1 saturated carbocycles. The van der Waals surface area contributed by atoms with Crippen molar-refractivity contribution in [2.45, 2.75) is 51.6 Å². The lowest BCUT2D eigenvalue weighted by Gasteiger charge is -2.32. The molecule has 5 heteroatoms. The predicted molar refractivity (Wildman–Crippen MR) is 74.3 cm³/mol. The van der Waals surface area contributed by atoms with Gasteiger partial charge >= 0.3 is 5.97 Å². The van der Waals surface area contributed by atoms with Gasteiger partial charge < -0.3 is 14.7 Å². The molecular formula is C15H25NO4. The van der Waals surface area contributed by atoms with E-state index < -0.39 is 5.97 Å². The molecule has 2 fully saturated rings. The molecule has 1 aliphatic carbocycles. The number of carboxylic acid groups (broad SMARTS) is 1. The number of likely N-dealkylation sites (N-methyl/N-ethyl adjacent to an activating group) is 1. The molecule has 0 spiro atoms. The second-order valence-electron chi connectivity index (χ2n) is 5.91. The summed E-state index contributed by atoms with van der Waals surface area (Å²) in [5, 5.41) is 9.12. The average Bonchev–Trinajstić information content (AvgIpc) is 2.97. The Hall–Kier alpha value is -1.10. The number of rotatable bonds is 5. The van der Waals surface area contributed by atoms with E-state index in [0.717, 1.165) is 32.3 Å². The lowest BCUT2D eigenvalue weighted by atomic mass is 9.80. The first-order valence-corrected chi connectivity index (χ1v) is 7.75. The fourth-order valence-electron chi connectivity index (χ4n) is 3.31. The number of aliphatic carboxylic acids is 1. The summed E-state index contributed by atoms with van der Waals surface area (Å²) in [6.45, 7) is 4.10. The van der Waals surface area contributed by atoms with Crippen LogP contribution in [0.2, 0.25) is 0 Å². The molecule has 2 aliphatic rings. The number of carbonyl (C=O) groups excluding carboxylic acids is 1. The molecule has 3 atom stereocenters. The predicted octanol–water partition coefficient (Wildman–Crippen LogP) is 1.90. The number of hydrogen-bond donors (Lipinski definition) is 1. The maximum absolute atomic E-state index is 12.6. The van der Waals surface area contributed by atoms with Crippen LogP contribution in [0.3, 0.4) is 0 Å². The van der Waals surface area contributed by atoms with Gasteiger partial charge in [-0.25, -0.2) is 0 Å². The number of ether oxygens (including phenoxy) is 1. The zero-order chi connectivity index (χ0) is 14.5. The first kappa shape index (κ1) is 15.3. The van der Waals surface area contributed by atoms with Crippen LogP contribution in [-0.4, -0.2) is 47.7 Å². The van der Waals surface area contributed by atoms with E-state index in [0.29, 0.717) is 25.9 Å². The molecule has 1 saturated heterocycles. The van der Waals surface area contributed by atoms with Gasteiger partial charge in [-0.05, 0) is 39.0 Å². The van der Waals surface area contributed by atoms with Crippen molar-refractivity contribution in [3.63, 3.8) is 0 Å². The summed E-state index contributed by atoms with van der Waals surface area (Å²) >= 11 is 0. The minimum atomic E-state index is -0.760. The summed E-state index contributed by atoms with van der Waals surface area (Å²) < 4.78 is 5.59. The smallest absolute Gasteiger partial charge is 0.306 e. The molecule has 0 radical (unpaired) electrons. The van der Waals surface area contributed by atoms with Crippen molar-refractivity contribution in [2.24, 2.45) is 11.8 Å². The molecule has 20 heavy (non-hydrogen) atoms. The van der Waals surface area contributed by atoms with Crippen LogP contribution < -0.4 is 0 Å². The molecule has 2 rings (SSSR count). The topological polar surface area (TPSA) is 66.8 Å². The average molecular weight is 283 g/mol. The van der Waals surface area contributed by atoms with Crippen molar-refractivity contribution >= 4 is 11.9 Å². The standard InChI is InChI=1S/C15H25NO4/c1-2-16(10-13-7-4-8-20-13)14(17)11-5-3-6-12(9-11)15(18)19/h11-13H,2-10H2,1H3,(H,18,19)/t11-,12+,13-/m0/s1. The minimum Gasteiger partial charge on any atom is -0.481 e. The summed E-state index contributed by atoms with van der Waals surface area (Å²) in [4.78, 5) is 25.5. The van der Waals surface area contributed by atoms with Crippen LogP contribution in [0.15, 0.2) is 0 Å². The Morgan fingerprint density at radius 2 is 1.95 bits per heavy atom. The molecule has 1 aliphatic heterocycles. The van der Waals surface area contributed by atoms with Gasteiger partial charge in [-0.3, -0.25) is 9.59 Å². The minimum absolute atomic E-state index is 0.119. The first-order chi connectivity index (χ1) is 9.61. The largest absolute Gasteiger partial charge is 0.481 e. The number of hydrogen-bond acceptors (Lipinski definition) is 3. The van der Waals surface area contributed by atoms with Crippen molar-refractivity contribution in [1.82, 2.24) is 4.90 Å². The highest BCUT2D eigenvalue weighted by molar-refractivity contribution is 5.80. The van der Waals surface area contributed by atoms with Gasteiger partial charge in [0.25, 0.3) is 0 Å². The van der Waals surface area contributed by atoms with Crippen molar-refractivity contribution in [2.75, 3.05) is 19.7 Å². The molecule has 1 heterocycles. The van der Waals surface area contributed by atoms with Gasteiger partial charge in [0, 0.05) is 25.6 Å². The molecule has 0 aromatic heterocycles. The third-order valence-electron chi connectivity index (χ3n) is 4.51. The molecule has 0 aromatic carbocycles. The van der Waals surface area contributed by atoms with Crippen LogP contribution in [0.25, 0.3) is 0 Å². The van der Waals surface area contributed by atoms with Gasteiger partial charge in [0.2, 0.25) is 5.91 Å². The Kier molecular flexibility index (Phi) is 5.40. The van der Waals surface area contributed by atoms with Gasteiger partial charge in [-0.2, -0.15) is 0 Å². The van der Waals surface area contributed by atoms with Crippen LogP contribution in [0.4, 0.5) is 0 Å². The number of carboxylic acids is 1. The maximum atomic E-state index is 12.6. The molecule has 1 N–H and O–H groups in total. The van der Waals surface area contributed by atoms with Gasteiger partial charge in [0.15, 0.2) is 0 Å². The highest BCUT2D eigenvalue weighted by Crippen LogP contribution is 2.30. The van der Waals surface area contributed by atoms with Crippen molar-refractivity contribution in [1.29, 1.82) is 0 Å². The van der Waals surface area contributed by atoms with E-state index in [2.05, 4.69) is 0 Å². The van der Waals surface area contributed by atoms with Crippen LogP contribution in [-0.2, 0) is 14.3 Å². The Morgan fingerprint density at radius 3 is 2.55 bits per heavy atom. The Balaban J connectivity index is 1.91. The summed E-state index contributed by atoms with van der Waals surface area (Å²) in [5.74, 6) is -1.11. The summed E-state index contributed by atoms with van der Waals surface area (Å²) in [5.41, 5.74) is 0. The highest BCUT2D eigenvalue weighted by Gasteiger charge is 2.33. The normalized spacial score (nSPS) is 30.1. The van der Waals surface area contributed by atoms with E-state index in [1.165, 1.54) is 0 Å². The van der Waals surface area contributed by atoms with Crippen molar-refractivity contribution < 1.29 is 19.4 Å². The van der Waals surface area contributed by atoms with E-state index in [9.17, 15) is 9.59 Å². The molecule has 0 unspecified atom stereocenters. The second-order valence-corrected chi connectivity index (χ2v) is 5.91. The van der Waals surface area contributed by atoms with Gasteiger partial charge in [-0.1, -0.05) is 6.42 Å². The van der Waals surface area contributed by atoms with E-state index in [4.69, 9.17) is 9.84 Å². The zero-order valence-corrected chi connectivity index (χ0v) is 12.2. The van der Waals surface area contributed by atoms with E-state index >= 15 is 0 Å². The van der Waals surface area contributed by atoms with Crippen molar-refractivity contribution in [3.05, 3.63) is 0 Å². The summed E-state index contributed by atoms with van der Waals surface area (Å²) in [6, 6.07) is 0. The van der Waals surface area contributed by atoms with E-state index in [1.54, 1.807) is 0 Å². The quantitative estimate of drug-likeness (QED) is 0.837. The molecule has 114 valence electrons. The molecule has 0 bridgehead atoms. The van der Waals surface area contributed by atoms with Gasteiger partial charge in [-0.15, -0.1) is 0 Å². The lowest BCUT2D eigenvalue weighted by molar-refractivity contribution is -0.145. The van der Waals surface area contributed by atoms with Crippen LogP contribution in [0.1, 0.15) is 45.4 Å². The van der Waals surface area contributed by atoms with Crippen LogP contribution >= 0.6 is 0 Å². The van der Waals surface area contributed by atoms with Crippen LogP contribution in [0, 0.1) is 11.8 Å². The summed E-state index contributed by atoms with van der Waals surface area (Å²) in [7, 11) is 0. The number of amides is 1. The van der Waals surface area contributed by atoms with E-state index in [1.807, 2.05) is 11.8 Å². The molecule has 1 amide bonds. The molecule has 0 aromatic rings. The highest BCUT2D eigenvalue weighted by atomic mass is 16.5. The van der Waals surface area contributed by atoms with Crippen LogP contribution in [0.5, 0.6) is 0 Å². The monoisotopic (exact) mass is 283 g/mol. The summed E-state index contributed by atoms with van der Waals surface area (Å²) in [6.07, 6.45) is 5.12. The zero-order valence-electron chi connectivity index (χ0n) is 12.2. The Morgan fingerprint density at radius 1 is 1.20 bits per heavy atom. The SMILES string of the molecule is CCN(C[C@@H]1CCCO1)C(=O)[C@H]1CCC[C@@H](C(=O)O)C1. The number of nitrogens with zero attached hydrogens (tertiary/aromatic N) is 1. The number of carbonyl (C=O) groups is 2. The fraction of sp³-hybridized carbons (Fsp3) is 0.867. The third kappa shape index (κ3) is 3.72. The lowest BCUT2D eigenvalue weighted by Crippen LogP contribution is -2.42. The second kappa shape index (κ2) is 7.07. The Labute approximate surface area is 120 Å². The maximum Gasteiger partial charge on any atom is 0.306 e. The Bertz CT molecular complexity index is 352. The fourth-order valence-corrected chi connectivity index (χ4v) is 3.31. The van der Waals surface area contributed by atoms with Crippen molar-refractivity contribution in [3.8, 4) is 0 Å². The van der Waals surface area contributed by atoms with Gasteiger partial charge in [0.05, 0.1) is 12.0 Å². The third-order valence-corrected chi connectivity index (χ3v) is 4.51. The van der Waals surface area contributed by atoms with Gasteiger partial charge in [0.1, 0.15) is 0 Å².